The van der Waals surface area contributed by atoms with Crippen LogP contribution in [0.2, 0.25) is 18.1 Å². The van der Waals surface area contributed by atoms with Gasteiger partial charge < -0.3 is 9.16 Å². The molecule has 26 heavy (non-hydrogen) atoms. The molecule has 0 aromatic heterocycles. The van der Waals surface area contributed by atoms with Crippen molar-refractivity contribution in [3.8, 4) is 5.75 Å². The molecule has 4 heteroatoms. The van der Waals surface area contributed by atoms with Crippen LogP contribution < -0.4 is 4.43 Å². The van der Waals surface area contributed by atoms with Crippen molar-refractivity contribution >= 4 is 14.3 Å². The van der Waals surface area contributed by atoms with Gasteiger partial charge in [0.05, 0.1) is 13.0 Å². The highest BCUT2D eigenvalue weighted by Gasteiger charge is 2.39. The van der Waals surface area contributed by atoms with Crippen LogP contribution in [0, 0.1) is 11.8 Å². The second-order valence-electron chi connectivity index (χ2n) is 9.35. The molecular formula is C22H36O3Si. The SMILES string of the molecule is COC(=O)C(C)[C@H]1CC[C@H](c2ccc(O[Si](C)(C)C(C)(C)C)cc2)CC1. The van der Waals surface area contributed by atoms with Gasteiger partial charge in [-0.1, -0.05) is 39.8 Å². The lowest BCUT2D eigenvalue weighted by molar-refractivity contribution is -0.147. The minimum absolute atomic E-state index is 0.0151. The van der Waals surface area contributed by atoms with E-state index in [2.05, 4.69) is 58.1 Å². The first kappa shape index (κ1) is 21.0. The molecule has 0 spiro atoms. The zero-order chi connectivity index (χ0) is 19.5. The van der Waals surface area contributed by atoms with Gasteiger partial charge in [0, 0.05) is 0 Å². The lowest BCUT2D eigenvalue weighted by Gasteiger charge is -2.36. The minimum Gasteiger partial charge on any atom is -0.544 e. The summed E-state index contributed by atoms with van der Waals surface area (Å²) in [5, 5.41) is 0.209. The molecule has 0 N–H and O–H groups in total. The van der Waals surface area contributed by atoms with E-state index in [4.69, 9.17) is 9.16 Å². The number of benzene rings is 1. The Hall–Kier alpha value is -1.29. The molecular weight excluding hydrogens is 340 g/mol. The zero-order valence-corrected chi connectivity index (χ0v) is 18.6. The largest absolute Gasteiger partial charge is 0.544 e. The number of esters is 1. The first-order valence-corrected chi connectivity index (χ1v) is 12.8. The molecule has 1 unspecified atom stereocenters. The molecule has 0 amide bonds. The fourth-order valence-electron chi connectivity index (χ4n) is 3.59. The van der Waals surface area contributed by atoms with Crippen molar-refractivity contribution in [3.05, 3.63) is 29.8 Å². The van der Waals surface area contributed by atoms with Crippen LogP contribution in [0.5, 0.6) is 5.75 Å². The van der Waals surface area contributed by atoms with Gasteiger partial charge in [0.25, 0.3) is 0 Å². The molecule has 1 aromatic carbocycles. The molecule has 0 aliphatic heterocycles. The Bertz CT molecular complexity index is 593. The van der Waals surface area contributed by atoms with Crippen LogP contribution in [0.3, 0.4) is 0 Å². The smallest absolute Gasteiger partial charge is 0.308 e. The van der Waals surface area contributed by atoms with Crippen molar-refractivity contribution in [1.29, 1.82) is 0 Å². The Morgan fingerprint density at radius 1 is 1.08 bits per heavy atom. The second kappa shape index (κ2) is 8.16. The third-order valence-electron chi connectivity index (χ3n) is 6.58. The van der Waals surface area contributed by atoms with Gasteiger partial charge in [-0.15, -0.1) is 0 Å². The monoisotopic (exact) mass is 376 g/mol. The van der Waals surface area contributed by atoms with Crippen molar-refractivity contribution < 1.29 is 14.0 Å². The predicted molar refractivity (Wildman–Crippen MR) is 110 cm³/mol. The van der Waals surface area contributed by atoms with Crippen LogP contribution in [-0.4, -0.2) is 21.4 Å². The van der Waals surface area contributed by atoms with Gasteiger partial charge in [-0.05, 0) is 73.3 Å². The van der Waals surface area contributed by atoms with Crippen LogP contribution >= 0.6 is 0 Å². The maximum absolute atomic E-state index is 11.8. The molecule has 3 nitrogen and oxygen atoms in total. The average molecular weight is 377 g/mol. The van der Waals surface area contributed by atoms with Crippen LogP contribution in [0.15, 0.2) is 24.3 Å². The van der Waals surface area contributed by atoms with E-state index in [9.17, 15) is 4.79 Å². The highest BCUT2D eigenvalue weighted by molar-refractivity contribution is 6.74. The summed E-state index contributed by atoms with van der Waals surface area (Å²) in [7, 11) is -0.299. The maximum Gasteiger partial charge on any atom is 0.308 e. The summed E-state index contributed by atoms with van der Waals surface area (Å²) in [6.07, 6.45) is 4.50. The highest BCUT2D eigenvalue weighted by Crippen LogP contribution is 2.40. The zero-order valence-electron chi connectivity index (χ0n) is 17.6. The second-order valence-corrected chi connectivity index (χ2v) is 14.1. The summed E-state index contributed by atoms with van der Waals surface area (Å²) >= 11 is 0. The Morgan fingerprint density at radius 2 is 1.62 bits per heavy atom. The number of hydrogen-bond donors (Lipinski definition) is 0. The van der Waals surface area contributed by atoms with Gasteiger partial charge in [-0.25, -0.2) is 0 Å². The third-order valence-corrected chi connectivity index (χ3v) is 10.9. The van der Waals surface area contributed by atoms with Crippen molar-refractivity contribution in [1.82, 2.24) is 0 Å². The summed E-state index contributed by atoms with van der Waals surface area (Å²) in [6.45, 7) is 13.4. The minimum atomic E-state index is -1.78. The van der Waals surface area contributed by atoms with E-state index in [-0.39, 0.29) is 16.9 Å². The first-order chi connectivity index (χ1) is 12.0. The highest BCUT2D eigenvalue weighted by atomic mass is 28.4. The van der Waals surface area contributed by atoms with Gasteiger partial charge in [0.1, 0.15) is 5.75 Å². The topological polar surface area (TPSA) is 35.5 Å². The van der Waals surface area contributed by atoms with Crippen LogP contribution in [0.4, 0.5) is 0 Å². The Morgan fingerprint density at radius 3 is 2.08 bits per heavy atom. The summed E-state index contributed by atoms with van der Waals surface area (Å²) in [5.41, 5.74) is 1.40. The fraction of sp³-hybridized carbons (Fsp3) is 0.682. The summed E-state index contributed by atoms with van der Waals surface area (Å²) < 4.78 is 11.3. The van der Waals surface area contributed by atoms with Crippen molar-refractivity contribution in [2.45, 2.75) is 77.4 Å². The lowest BCUT2D eigenvalue weighted by atomic mass is 9.74. The van der Waals surface area contributed by atoms with Gasteiger partial charge >= 0.3 is 5.97 Å². The number of ether oxygens (including phenoxy) is 1. The standard InChI is InChI=1S/C22H36O3Si/c1-16(21(23)24-5)17-8-10-18(11-9-17)19-12-14-20(15-13-19)25-26(6,7)22(2,3)4/h12-18H,8-11H2,1-7H3/t16?,17-,18-. The van der Waals surface area contributed by atoms with E-state index in [0.29, 0.717) is 11.8 Å². The van der Waals surface area contributed by atoms with E-state index in [0.717, 1.165) is 31.4 Å². The molecule has 146 valence electrons. The molecule has 1 aliphatic carbocycles. The Kier molecular flexibility index (Phi) is 6.59. The van der Waals surface area contributed by atoms with E-state index in [1.54, 1.807) is 0 Å². The van der Waals surface area contributed by atoms with E-state index >= 15 is 0 Å². The quantitative estimate of drug-likeness (QED) is 0.456. The van der Waals surface area contributed by atoms with Crippen molar-refractivity contribution in [3.63, 3.8) is 0 Å². The number of rotatable bonds is 5. The van der Waals surface area contributed by atoms with Crippen LogP contribution in [0.1, 0.15) is 64.9 Å². The van der Waals surface area contributed by atoms with Gasteiger partial charge in [0.15, 0.2) is 0 Å². The summed E-state index contributed by atoms with van der Waals surface area (Å²) in [6, 6.07) is 8.74. The average Bonchev–Trinajstić information content (AvgIpc) is 2.60. The number of carbonyl (C=O) groups excluding carboxylic acids is 1. The van der Waals surface area contributed by atoms with Crippen LogP contribution in [0.25, 0.3) is 0 Å². The molecule has 0 bridgehead atoms. The third kappa shape index (κ3) is 4.90. The Labute approximate surface area is 160 Å². The van der Waals surface area contributed by atoms with E-state index < -0.39 is 8.32 Å². The van der Waals surface area contributed by atoms with E-state index in [1.807, 2.05) is 6.92 Å². The molecule has 1 aliphatic rings. The summed E-state index contributed by atoms with van der Waals surface area (Å²) in [5.74, 6) is 1.99. The molecule has 0 saturated heterocycles. The molecule has 0 heterocycles. The normalized spacial score (nSPS) is 22.6. The lowest BCUT2D eigenvalue weighted by Crippen LogP contribution is -2.43. The molecule has 2 rings (SSSR count). The predicted octanol–water partition coefficient (Wildman–Crippen LogP) is 6.15. The first-order valence-electron chi connectivity index (χ1n) is 9.92. The van der Waals surface area contributed by atoms with Gasteiger partial charge in [-0.3, -0.25) is 4.79 Å². The van der Waals surface area contributed by atoms with E-state index in [1.165, 1.54) is 12.7 Å². The summed E-state index contributed by atoms with van der Waals surface area (Å²) in [4.78, 5) is 11.8. The Balaban J connectivity index is 1.95. The molecule has 0 radical (unpaired) electrons. The van der Waals surface area contributed by atoms with Gasteiger partial charge in [-0.2, -0.15) is 0 Å². The number of methoxy groups -OCH3 is 1. The molecule has 1 aromatic rings. The van der Waals surface area contributed by atoms with Crippen LogP contribution in [-0.2, 0) is 9.53 Å². The van der Waals surface area contributed by atoms with Crippen molar-refractivity contribution in [2.24, 2.45) is 11.8 Å². The molecule has 1 atom stereocenters. The fourth-order valence-corrected chi connectivity index (χ4v) is 4.62. The molecule has 1 fully saturated rings. The molecule has 1 saturated carbocycles. The maximum atomic E-state index is 11.8. The van der Waals surface area contributed by atoms with Crippen molar-refractivity contribution in [2.75, 3.05) is 7.11 Å². The number of hydrogen-bond acceptors (Lipinski definition) is 3. The number of carbonyl (C=O) groups is 1. The van der Waals surface area contributed by atoms with Gasteiger partial charge in [0.2, 0.25) is 8.32 Å².